The van der Waals surface area contributed by atoms with E-state index in [9.17, 15) is 5.21 Å². The van der Waals surface area contributed by atoms with Gasteiger partial charge in [0.25, 0.3) is 0 Å². The molecule has 0 saturated carbocycles. The lowest BCUT2D eigenvalue weighted by Crippen LogP contribution is -1.88. The van der Waals surface area contributed by atoms with Gasteiger partial charge in [-0.25, -0.2) is 0 Å². The monoisotopic (exact) mass is 204 g/mol. The minimum atomic E-state index is 0.553. The van der Waals surface area contributed by atoms with Crippen molar-refractivity contribution in [2.45, 2.75) is 26.2 Å². The minimum Gasteiger partial charge on any atom is -0.594 e. The summed E-state index contributed by atoms with van der Waals surface area (Å²) < 4.78 is 0. The average Bonchev–Trinajstić information content (AvgIpc) is 2.30. The van der Waals surface area contributed by atoms with Gasteiger partial charge in [0.05, 0.1) is 6.20 Å². The van der Waals surface area contributed by atoms with E-state index in [-0.39, 0.29) is 0 Å². The molecule has 1 rings (SSSR count). The summed E-state index contributed by atoms with van der Waals surface area (Å²) in [4.78, 5) is 0.627. The predicted molar refractivity (Wildman–Crippen MR) is 60.8 cm³/mol. The second-order valence-corrected chi connectivity index (χ2v) is 3.25. The molecule has 0 atom stereocenters. The smallest absolute Gasteiger partial charge is 0.244 e. The highest BCUT2D eigenvalue weighted by molar-refractivity contribution is 5.27. The zero-order valence-corrected chi connectivity index (χ0v) is 8.97. The number of hydrogen-bond donors (Lipinski definition) is 0. The zero-order valence-electron chi connectivity index (χ0n) is 8.97. The Hall–Kier alpha value is -1.64. The van der Waals surface area contributed by atoms with Gasteiger partial charge in [-0.2, -0.15) is 0 Å². The molecular weight excluding hydrogens is 188 g/mol. The van der Waals surface area contributed by atoms with Crippen LogP contribution in [0.4, 0.5) is 5.69 Å². The molecule has 0 aliphatic rings. The van der Waals surface area contributed by atoms with Gasteiger partial charge in [-0.05, 0) is 6.42 Å². The van der Waals surface area contributed by atoms with Gasteiger partial charge in [0.1, 0.15) is 0 Å². The van der Waals surface area contributed by atoms with Crippen molar-refractivity contribution in [1.82, 2.24) is 0 Å². The quantitative estimate of drug-likeness (QED) is 0.309. The van der Waals surface area contributed by atoms with Crippen LogP contribution in [0.25, 0.3) is 0 Å². The topological polar surface area (TPSA) is 38.4 Å². The van der Waals surface area contributed by atoms with E-state index in [2.05, 4.69) is 12.0 Å². The fourth-order valence-electron chi connectivity index (χ4n) is 1.13. The summed E-state index contributed by atoms with van der Waals surface area (Å²) in [5, 5.41) is 15.1. The minimum absolute atomic E-state index is 0.553. The Labute approximate surface area is 90.3 Å². The Kier molecular flexibility index (Phi) is 5.15. The molecule has 0 aliphatic carbocycles. The van der Waals surface area contributed by atoms with Gasteiger partial charge < -0.3 is 5.21 Å². The van der Waals surface area contributed by atoms with Crippen LogP contribution in [0.1, 0.15) is 26.2 Å². The molecule has 3 nitrogen and oxygen atoms in total. The third-order valence-corrected chi connectivity index (χ3v) is 1.98. The average molecular weight is 204 g/mol. The van der Waals surface area contributed by atoms with Crippen molar-refractivity contribution < 1.29 is 4.86 Å². The van der Waals surface area contributed by atoms with Crippen LogP contribution < -0.4 is 0 Å². The molecular formula is C12H16N2O. The van der Waals surface area contributed by atoms with Crippen LogP contribution in [0.15, 0.2) is 47.7 Å². The third-order valence-electron chi connectivity index (χ3n) is 1.98. The molecule has 0 bridgehead atoms. The maximum absolute atomic E-state index is 11.4. The lowest BCUT2D eigenvalue weighted by atomic mass is 10.2. The number of azo groups is 1. The second kappa shape index (κ2) is 6.76. The number of benzene rings is 1. The van der Waals surface area contributed by atoms with Crippen molar-refractivity contribution in [3.63, 3.8) is 0 Å². The van der Waals surface area contributed by atoms with Crippen molar-refractivity contribution in [3.8, 4) is 0 Å². The molecule has 0 fully saturated rings. The van der Waals surface area contributed by atoms with Gasteiger partial charge in [-0.1, -0.05) is 48.9 Å². The van der Waals surface area contributed by atoms with E-state index in [0.29, 0.717) is 10.5 Å². The lowest BCUT2D eigenvalue weighted by Gasteiger charge is -1.96. The Morgan fingerprint density at radius 3 is 2.73 bits per heavy atom. The first-order valence-electron chi connectivity index (χ1n) is 5.22. The number of unbranched alkanes of at least 4 members (excludes halogenated alkanes) is 2. The van der Waals surface area contributed by atoms with Gasteiger partial charge in [0.2, 0.25) is 5.69 Å². The lowest BCUT2D eigenvalue weighted by molar-refractivity contribution is -0.436. The first-order chi connectivity index (χ1) is 7.34. The summed E-state index contributed by atoms with van der Waals surface area (Å²) in [6.07, 6.45) is 6.75. The molecule has 0 radical (unpaired) electrons. The van der Waals surface area contributed by atoms with Crippen LogP contribution in [0.5, 0.6) is 0 Å². The fourth-order valence-corrected chi connectivity index (χ4v) is 1.13. The highest BCUT2D eigenvalue weighted by atomic mass is 16.5. The number of nitrogens with zero attached hydrogens (tertiary/aromatic N) is 2. The maximum Gasteiger partial charge on any atom is 0.244 e. The van der Waals surface area contributed by atoms with E-state index in [4.69, 9.17) is 0 Å². The van der Waals surface area contributed by atoms with E-state index in [1.54, 1.807) is 18.3 Å². The van der Waals surface area contributed by atoms with Gasteiger partial charge in [0, 0.05) is 17.2 Å². The van der Waals surface area contributed by atoms with E-state index >= 15 is 0 Å². The molecule has 0 aliphatic heterocycles. The van der Waals surface area contributed by atoms with Crippen LogP contribution in [-0.2, 0) is 0 Å². The van der Waals surface area contributed by atoms with Crippen molar-refractivity contribution >= 4 is 5.69 Å². The van der Waals surface area contributed by atoms with Gasteiger partial charge in [0.15, 0.2) is 0 Å². The van der Waals surface area contributed by atoms with Crippen molar-refractivity contribution in [1.29, 1.82) is 0 Å². The van der Waals surface area contributed by atoms with E-state index in [1.165, 1.54) is 0 Å². The first kappa shape index (κ1) is 11.4. The molecule has 0 unspecified atom stereocenters. The SMILES string of the molecule is CCCC/C=C/N=[N+]([O-])c1ccccc1. The number of para-hydroxylation sites is 1. The standard InChI is InChI=1S/C12H16N2O/c1-2-3-4-8-11-13-14(15)12-9-6-5-7-10-12/h5-11H,2-4H2,1H3/b11-8+,14-13?. The van der Waals surface area contributed by atoms with Crippen LogP contribution in [-0.4, -0.2) is 4.86 Å². The fraction of sp³-hybridized carbons (Fsp3) is 0.333. The summed E-state index contributed by atoms with van der Waals surface area (Å²) in [6, 6.07) is 8.97. The van der Waals surface area contributed by atoms with Crippen molar-refractivity contribution in [2.75, 3.05) is 0 Å². The first-order valence-corrected chi connectivity index (χ1v) is 5.22. The van der Waals surface area contributed by atoms with Crippen molar-refractivity contribution in [3.05, 3.63) is 47.8 Å². The van der Waals surface area contributed by atoms with Crippen LogP contribution in [0, 0.1) is 5.21 Å². The van der Waals surface area contributed by atoms with Crippen LogP contribution >= 0.6 is 0 Å². The molecule has 0 saturated heterocycles. The number of hydrogen-bond acceptors (Lipinski definition) is 2. The third kappa shape index (κ3) is 4.40. The van der Waals surface area contributed by atoms with E-state index < -0.39 is 0 Å². The molecule has 0 N–H and O–H groups in total. The van der Waals surface area contributed by atoms with Gasteiger partial charge >= 0.3 is 0 Å². The maximum atomic E-state index is 11.4. The summed E-state index contributed by atoms with van der Waals surface area (Å²) >= 11 is 0. The zero-order chi connectivity index (χ0) is 10.9. The Morgan fingerprint density at radius 1 is 1.33 bits per heavy atom. The number of allylic oxidation sites excluding steroid dienone is 1. The summed E-state index contributed by atoms with van der Waals surface area (Å²) in [5.74, 6) is 0. The number of rotatable bonds is 5. The largest absolute Gasteiger partial charge is 0.594 e. The molecule has 1 aromatic rings. The summed E-state index contributed by atoms with van der Waals surface area (Å²) in [5.41, 5.74) is 0.553. The molecule has 0 amide bonds. The predicted octanol–water partition coefficient (Wildman–Crippen LogP) is 3.98. The van der Waals surface area contributed by atoms with Crippen molar-refractivity contribution in [2.24, 2.45) is 5.11 Å². The molecule has 3 heteroatoms. The molecule has 1 aromatic carbocycles. The van der Waals surface area contributed by atoms with Crippen LogP contribution in [0.3, 0.4) is 0 Å². The molecule has 0 aromatic heterocycles. The Balaban J connectivity index is 2.50. The normalized spacial score (nSPS) is 12.2. The second-order valence-electron chi connectivity index (χ2n) is 3.25. The van der Waals surface area contributed by atoms with Crippen LogP contribution in [0.2, 0.25) is 0 Å². The van der Waals surface area contributed by atoms with Gasteiger partial charge in [-0.15, -0.1) is 0 Å². The Bertz CT molecular complexity index is 331. The van der Waals surface area contributed by atoms with Gasteiger partial charge in [-0.3, -0.25) is 0 Å². The molecule has 0 heterocycles. The highest BCUT2D eigenvalue weighted by Gasteiger charge is 1.97. The highest BCUT2D eigenvalue weighted by Crippen LogP contribution is 2.09. The summed E-state index contributed by atoms with van der Waals surface area (Å²) in [6.45, 7) is 2.13. The van der Waals surface area contributed by atoms with E-state index in [0.717, 1.165) is 19.3 Å². The molecule has 80 valence electrons. The summed E-state index contributed by atoms with van der Waals surface area (Å²) in [7, 11) is 0. The molecule has 0 spiro atoms. The Morgan fingerprint density at radius 2 is 2.07 bits per heavy atom. The molecule has 15 heavy (non-hydrogen) atoms. The van der Waals surface area contributed by atoms with E-state index in [1.807, 2.05) is 24.3 Å².